The molecule has 0 spiro atoms. The fourth-order valence-corrected chi connectivity index (χ4v) is 13.3. The first kappa shape index (κ1) is 88.9. The number of nitrogens with zero attached hydrogens (tertiary/aromatic N) is 4. The summed E-state index contributed by atoms with van der Waals surface area (Å²) < 4.78 is 91.4. The molecule has 7 aliphatic heterocycles. The Bertz CT molecular complexity index is 4500. The van der Waals surface area contributed by atoms with Crippen LogP contribution in [0.5, 0.6) is 46.0 Å². The summed E-state index contributed by atoms with van der Waals surface area (Å²) in [6, 6.07) is 55.5. The van der Waals surface area contributed by atoms with Gasteiger partial charge in [-0.05, 0) is 202 Å². The Morgan fingerprint density at radius 2 is 0.864 bits per heavy atom. The Morgan fingerprint density at radius 3 is 1.28 bits per heavy atom. The summed E-state index contributed by atoms with van der Waals surface area (Å²) in [7, 11) is 0. The van der Waals surface area contributed by atoms with Gasteiger partial charge in [0.25, 0.3) is 0 Å². The van der Waals surface area contributed by atoms with Gasteiger partial charge in [0.15, 0.2) is 36.7 Å². The van der Waals surface area contributed by atoms with Crippen molar-refractivity contribution in [3.05, 3.63) is 233 Å². The van der Waals surface area contributed by atoms with Crippen LogP contribution in [0.3, 0.4) is 0 Å². The molecule has 7 atom stereocenters. The first-order chi connectivity index (χ1) is 57.9. The average molecular weight is 1690 g/mol. The third-order valence-corrected chi connectivity index (χ3v) is 19.8. The summed E-state index contributed by atoms with van der Waals surface area (Å²) in [6.07, 6.45) is 19.2. The molecule has 27 heteroatoms. The molecular weight excluding hydrogens is 1580 g/mol. The van der Waals surface area contributed by atoms with Gasteiger partial charge in [-0.15, -0.1) is 0 Å². The number of ether oxygens (including phenoxy) is 15. The monoisotopic (exact) mass is 1690 g/mol. The lowest BCUT2D eigenvalue weighted by Crippen LogP contribution is -2.25. The molecule has 7 saturated heterocycles. The number of aromatic hydroxyl groups is 2. The maximum Gasteiger partial charge on any atom is 0.224 e. The van der Waals surface area contributed by atoms with E-state index < -0.39 is 0 Å². The number of benzene rings is 7. The molecule has 7 fully saturated rings. The van der Waals surface area contributed by atoms with Gasteiger partial charge in [-0.25, -0.2) is 0 Å². The summed E-state index contributed by atoms with van der Waals surface area (Å²) >= 11 is 3.43. The molecule has 3 aromatic heterocycles. The van der Waals surface area contributed by atoms with E-state index in [1.54, 1.807) is 47.1 Å². The number of aldehydes is 2. The predicted molar refractivity (Wildman–Crippen MR) is 444 cm³/mol. The van der Waals surface area contributed by atoms with Gasteiger partial charge in [0.05, 0.1) is 97.2 Å². The number of carbonyl (C=O) groups is 2. The van der Waals surface area contributed by atoms with E-state index in [2.05, 4.69) is 43.1 Å². The number of alkyl halides is 1. The smallest absolute Gasteiger partial charge is 0.224 e. The number of hydrogen-bond donors (Lipinski definition) is 4. The van der Waals surface area contributed by atoms with Crippen molar-refractivity contribution in [2.45, 2.75) is 178 Å². The lowest BCUT2D eigenvalue weighted by molar-refractivity contribution is -0.106. The van der Waals surface area contributed by atoms with E-state index in [-0.39, 0.29) is 67.5 Å². The third kappa shape index (κ3) is 31.1. The van der Waals surface area contributed by atoms with Crippen molar-refractivity contribution in [2.75, 3.05) is 71.8 Å². The predicted octanol–water partition coefficient (Wildman–Crippen LogP) is 17.1. The van der Waals surface area contributed by atoms with Crippen LogP contribution in [0.4, 0.5) is 5.95 Å². The van der Waals surface area contributed by atoms with Gasteiger partial charge < -0.3 is 96.5 Å². The number of halogens is 1. The van der Waals surface area contributed by atoms with Crippen molar-refractivity contribution in [2.24, 2.45) is 0 Å². The highest BCUT2D eigenvalue weighted by atomic mass is 79.9. The number of phenolic OH excluding ortho intramolecular Hbond substituents is 2. The lowest BCUT2D eigenvalue weighted by Gasteiger charge is -2.23. The number of rotatable bonds is 24. The fraction of sp³-hybridized carbons (Fsp3) is 0.418. The van der Waals surface area contributed by atoms with E-state index in [9.17, 15) is 14.7 Å². The molecule has 630 valence electrons. The number of aryl methyl sites for hydroxylation is 1. The highest BCUT2D eigenvalue weighted by molar-refractivity contribution is 9.08. The average Bonchev–Trinajstić information content (AvgIpc) is 1.63. The van der Waals surface area contributed by atoms with Crippen LogP contribution in [-0.4, -0.2) is 157 Å². The van der Waals surface area contributed by atoms with Gasteiger partial charge in [0, 0.05) is 62.0 Å². The van der Waals surface area contributed by atoms with Crippen LogP contribution in [-0.2, 0) is 79.1 Å². The van der Waals surface area contributed by atoms with Crippen molar-refractivity contribution in [3.63, 3.8) is 0 Å². The van der Waals surface area contributed by atoms with Gasteiger partial charge >= 0.3 is 0 Å². The summed E-state index contributed by atoms with van der Waals surface area (Å²) in [5.41, 5.74) is 12.7. The zero-order valence-corrected chi connectivity index (χ0v) is 68.3. The van der Waals surface area contributed by atoms with Crippen molar-refractivity contribution in [1.29, 1.82) is 0 Å². The van der Waals surface area contributed by atoms with Gasteiger partial charge in [0.2, 0.25) is 17.4 Å². The second-order valence-electron chi connectivity index (χ2n) is 28.7. The van der Waals surface area contributed by atoms with Crippen LogP contribution in [0.2, 0.25) is 0 Å². The van der Waals surface area contributed by atoms with E-state index in [0.717, 1.165) is 187 Å². The number of furan rings is 1. The summed E-state index contributed by atoms with van der Waals surface area (Å²) in [4.78, 5) is 29.2. The number of nitrogens with two attached hydrogens (primary N) is 1. The molecule has 0 aliphatic carbocycles. The Hall–Kier alpha value is -9.85. The number of carbonyl (C=O) groups excluding carboxylic acids is 2. The molecule has 0 amide bonds. The molecule has 17 rings (SSSR count). The number of fused-ring (bicyclic) bond motifs is 1. The molecule has 0 radical (unpaired) electrons. The molecule has 0 bridgehead atoms. The first-order valence-electron chi connectivity index (χ1n) is 40.4. The first-order valence-corrected chi connectivity index (χ1v) is 41.6. The zero-order valence-electron chi connectivity index (χ0n) is 66.7. The maximum absolute atomic E-state index is 10.6. The normalized spacial score (nSPS) is 19.9. The van der Waals surface area contributed by atoms with Crippen LogP contribution < -0.4 is 29.4 Å². The van der Waals surface area contributed by atoms with Crippen LogP contribution in [0.1, 0.15) is 151 Å². The topological polar surface area (TPSA) is 316 Å². The van der Waals surface area contributed by atoms with Crippen LogP contribution in [0, 0.1) is 6.92 Å². The maximum atomic E-state index is 10.6. The van der Waals surface area contributed by atoms with Gasteiger partial charge in [-0.3, -0.25) is 9.59 Å². The number of aliphatic hydroxyl groups excluding tert-OH is 1. The fourth-order valence-electron chi connectivity index (χ4n) is 12.9. The standard InChI is InChI=1S/C21H21N5O4.C16H22O4.C12H15BrO2.C12H16O3.C12H14O3.C11H14O3.C7H6O2/c1-13-5-6-17(29-13)19-24-21(22)25-20-18(10-23-26(19)20)30-15-4-2-3-14(9-15)11-28-16-7-8-27-12-16;1-2-8-18-16(6-1)20-14-5-3-4-13(10-14)11-19-15-7-9-17-12-15;3*13-9-10-4-3-5-11(8-10)15-12-6-1-2-7-14-12;12-10-3-1-2-9(6-10)7-14-11-4-5-13-8-11;8-5-6-2-1-3-7(9)4-6/h2-6,9-10,16H,7-8,11-12H2,1H3,(H2,22,25);3-5,10,15-16H,1-2,6-9,11-12H2;3-5,8,12H,1-2,6-7,9H2;3-5,8,12-13H,1-2,6-7,9H2;3-5,8-9,12H,1-2,6-7H2;1-3,6,11-12H,4-5,7-8H2;1-5,9H/t16-;15-,16?;;;;11-;/m00...0./s1. The Labute approximate surface area is 697 Å². The second-order valence-corrected chi connectivity index (χ2v) is 29.2. The lowest BCUT2D eigenvalue weighted by atomic mass is 10.2. The van der Waals surface area contributed by atoms with E-state index in [1.165, 1.54) is 30.5 Å². The van der Waals surface area contributed by atoms with Gasteiger partial charge in [-0.2, -0.15) is 19.6 Å². The minimum Gasteiger partial charge on any atom is -0.508 e. The summed E-state index contributed by atoms with van der Waals surface area (Å²) in [5, 5.41) is 32.2. The summed E-state index contributed by atoms with van der Waals surface area (Å²) in [6.45, 7) is 11.1. The highest BCUT2D eigenvalue weighted by Crippen LogP contribution is 2.32. The molecular formula is C91H108BrN5O21. The molecule has 0 saturated carbocycles. The van der Waals surface area contributed by atoms with Crippen molar-refractivity contribution >= 4 is 40.1 Å². The Kier molecular flexibility index (Phi) is 37.3. The van der Waals surface area contributed by atoms with Gasteiger partial charge in [0.1, 0.15) is 58.6 Å². The molecule has 118 heavy (non-hydrogen) atoms. The highest BCUT2D eigenvalue weighted by Gasteiger charge is 2.24. The summed E-state index contributed by atoms with van der Waals surface area (Å²) in [5.74, 6) is 6.66. The van der Waals surface area contributed by atoms with E-state index in [4.69, 9.17) is 91.4 Å². The molecule has 7 aliphatic rings. The number of hydrogen-bond acceptors (Lipinski definition) is 25. The van der Waals surface area contributed by atoms with Gasteiger partial charge in [-0.1, -0.05) is 101 Å². The molecule has 5 N–H and O–H groups in total. The molecule has 7 aromatic carbocycles. The molecule has 4 unspecified atom stereocenters. The van der Waals surface area contributed by atoms with Crippen molar-refractivity contribution in [1.82, 2.24) is 19.6 Å². The Balaban J connectivity index is 0.000000139. The number of aliphatic hydroxyl groups is 1. The second kappa shape index (κ2) is 49.5. The van der Waals surface area contributed by atoms with Crippen LogP contribution >= 0.6 is 15.9 Å². The van der Waals surface area contributed by atoms with Crippen molar-refractivity contribution in [3.8, 4) is 57.6 Å². The van der Waals surface area contributed by atoms with E-state index in [0.29, 0.717) is 91.5 Å². The van der Waals surface area contributed by atoms with Crippen LogP contribution in [0.25, 0.3) is 17.2 Å². The van der Waals surface area contributed by atoms with Crippen LogP contribution in [0.15, 0.2) is 193 Å². The number of phenols is 2. The molecule has 10 heterocycles. The third-order valence-electron chi connectivity index (χ3n) is 19.1. The largest absolute Gasteiger partial charge is 0.508 e. The number of nitrogen functional groups attached to an aromatic ring is 1. The minimum absolute atomic E-state index is 0.0444. The van der Waals surface area contributed by atoms with E-state index >= 15 is 0 Å². The quantitative estimate of drug-likeness (QED) is 0.0323. The Morgan fingerprint density at radius 1 is 0.458 bits per heavy atom. The van der Waals surface area contributed by atoms with E-state index in [1.807, 2.05) is 128 Å². The molecule has 26 nitrogen and oxygen atoms in total. The molecule has 10 aromatic rings. The number of aromatic nitrogens is 4. The zero-order chi connectivity index (χ0) is 82.1. The minimum atomic E-state index is -0.152. The van der Waals surface area contributed by atoms with Crippen molar-refractivity contribution < 1.29 is 100 Å². The SMILES string of the molecule is BrCc1cccc(OC2CCCCO2)c1.Cc1ccc(-c2nc(N)nc3c(Oc4cccc(CO[C@H]5CCOC5)c4)cnn23)o1.O=Cc1cccc(O)c1.O=Cc1cccc(OC2CCCCO2)c1.OCc1cccc(OC2CCCCO2)c1.Oc1cccc(CO[C@H]2CCOC2)c1.c1cc(CO[C@H]2CCOC2)cc(OC2CCCCO2)c1. The number of anilines is 1.